The SMILES string of the molecule is CCOC(=O)[C@@H]1CCCN(CC(=O)N2N=C(c3ccc(OC)c(OC)c3)C[C@H]2c2ccccc2OC)C1. The van der Waals surface area contributed by atoms with Crippen LogP contribution in [0.15, 0.2) is 47.6 Å². The van der Waals surface area contributed by atoms with Crippen LogP contribution in [0, 0.1) is 5.92 Å². The first kappa shape index (κ1) is 26.5. The molecule has 2 aliphatic heterocycles. The van der Waals surface area contributed by atoms with Gasteiger partial charge in [-0.15, -0.1) is 0 Å². The van der Waals surface area contributed by atoms with Gasteiger partial charge in [0.15, 0.2) is 11.5 Å². The van der Waals surface area contributed by atoms with Gasteiger partial charge < -0.3 is 18.9 Å². The number of carbonyl (C=O) groups excluding carboxylic acids is 2. The summed E-state index contributed by atoms with van der Waals surface area (Å²) in [6.45, 7) is 3.59. The van der Waals surface area contributed by atoms with Gasteiger partial charge in [-0.2, -0.15) is 5.10 Å². The highest BCUT2D eigenvalue weighted by molar-refractivity contribution is 6.03. The van der Waals surface area contributed by atoms with Crippen molar-refractivity contribution in [1.29, 1.82) is 0 Å². The maximum absolute atomic E-state index is 13.7. The van der Waals surface area contributed by atoms with Gasteiger partial charge in [-0.1, -0.05) is 18.2 Å². The van der Waals surface area contributed by atoms with Crippen molar-refractivity contribution in [3.05, 3.63) is 53.6 Å². The lowest BCUT2D eigenvalue weighted by Gasteiger charge is -2.32. The van der Waals surface area contributed by atoms with E-state index in [-0.39, 0.29) is 30.4 Å². The lowest BCUT2D eigenvalue weighted by atomic mass is 9.97. The topological polar surface area (TPSA) is 89.9 Å². The number of nitrogens with zero attached hydrogens (tertiary/aromatic N) is 3. The van der Waals surface area contributed by atoms with Gasteiger partial charge in [-0.25, -0.2) is 5.01 Å². The van der Waals surface area contributed by atoms with Gasteiger partial charge in [-0.3, -0.25) is 14.5 Å². The van der Waals surface area contributed by atoms with E-state index in [1.807, 2.05) is 47.4 Å². The molecule has 4 rings (SSSR count). The highest BCUT2D eigenvalue weighted by Crippen LogP contribution is 2.39. The molecule has 9 heteroatoms. The number of methoxy groups -OCH3 is 3. The molecule has 0 aliphatic carbocycles. The molecule has 2 aromatic rings. The second-order valence-corrected chi connectivity index (χ2v) is 9.14. The summed E-state index contributed by atoms with van der Waals surface area (Å²) in [5, 5.41) is 6.37. The number of hydrogen-bond donors (Lipinski definition) is 0. The average molecular weight is 510 g/mol. The minimum atomic E-state index is -0.322. The van der Waals surface area contributed by atoms with Gasteiger partial charge >= 0.3 is 5.97 Å². The lowest BCUT2D eigenvalue weighted by molar-refractivity contribution is -0.150. The molecule has 2 heterocycles. The summed E-state index contributed by atoms with van der Waals surface area (Å²) in [6, 6.07) is 13.0. The second kappa shape index (κ2) is 12.1. The standard InChI is InChI=1S/C28H35N3O6/c1-5-37-28(33)20-9-8-14-30(17-20)18-27(32)31-23(21-10-6-7-11-24(21)34-2)16-22(29-31)19-12-13-25(35-3)26(15-19)36-4/h6-7,10-13,15,20,23H,5,8-9,14,16-18H2,1-4H3/t20-,23+/m1/s1. The third-order valence-electron chi connectivity index (χ3n) is 6.86. The molecule has 0 bridgehead atoms. The Balaban J connectivity index is 1.60. The smallest absolute Gasteiger partial charge is 0.310 e. The molecule has 0 saturated carbocycles. The van der Waals surface area contributed by atoms with E-state index in [2.05, 4.69) is 0 Å². The van der Waals surface area contributed by atoms with E-state index in [0.29, 0.717) is 36.8 Å². The van der Waals surface area contributed by atoms with E-state index in [9.17, 15) is 9.59 Å². The van der Waals surface area contributed by atoms with Gasteiger partial charge in [-0.05, 0) is 50.6 Å². The van der Waals surface area contributed by atoms with E-state index >= 15 is 0 Å². The predicted octanol–water partition coefficient (Wildman–Crippen LogP) is 3.67. The molecule has 9 nitrogen and oxygen atoms in total. The molecular weight excluding hydrogens is 474 g/mol. The first-order chi connectivity index (χ1) is 18.0. The number of amides is 1. The summed E-state index contributed by atoms with van der Waals surface area (Å²) in [5.74, 6) is 1.39. The summed E-state index contributed by atoms with van der Waals surface area (Å²) < 4.78 is 21.7. The Hall–Kier alpha value is -3.59. The summed E-state index contributed by atoms with van der Waals surface area (Å²) in [6.07, 6.45) is 2.14. The number of piperidine rings is 1. The molecule has 0 N–H and O–H groups in total. The average Bonchev–Trinajstić information content (AvgIpc) is 3.38. The fourth-order valence-corrected chi connectivity index (χ4v) is 5.03. The Bertz CT molecular complexity index is 1150. The van der Waals surface area contributed by atoms with Crippen LogP contribution >= 0.6 is 0 Å². The highest BCUT2D eigenvalue weighted by atomic mass is 16.5. The molecule has 37 heavy (non-hydrogen) atoms. The monoisotopic (exact) mass is 509 g/mol. The molecule has 0 spiro atoms. The van der Waals surface area contributed by atoms with Crippen molar-refractivity contribution >= 4 is 17.6 Å². The number of benzene rings is 2. The molecule has 0 radical (unpaired) electrons. The van der Waals surface area contributed by atoms with Gasteiger partial charge in [0.25, 0.3) is 5.91 Å². The van der Waals surface area contributed by atoms with Gasteiger partial charge in [0.1, 0.15) is 5.75 Å². The van der Waals surface area contributed by atoms with Crippen molar-refractivity contribution in [3.8, 4) is 17.2 Å². The van der Waals surface area contributed by atoms with Gasteiger partial charge in [0.05, 0.1) is 52.2 Å². The Kier molecular flexibility index (Phi) is 8.66. The summed E-state index contributed by atoms with van der Waals surface area (Å²) in [5.41, 5.74) is 2.52. The second-order valence-electron chi connectivity index (χ2n) is 9.14. The van der Waals surface area contributed by atoms with E-state index in [1.165, 1.54) is 0 Å². The van der Waals surface area contributed by atoms with Crippen molar-refractivity contribution in [2.45, 2.75) is 32.2 Å². The molecule has 1 amide bonds. The van der Waals surface area contributed by atoms with E-state index in [0.717, 1.165) is 36.2 Å². The Labute approximate surface area is 217 Å². The molecule has 2 atom stereocenters. The van der Waals surface area contributed by atoms with Crippen LogP contribution in [-0.4, -0.2) is 75.1 Å². The van der Waals surface area contributed by atoms with Gasteiger partial charge in [0.2, 0.25) is 0 Å². The number of para-hydroxylation sites is 1. The third kappa shape index (κ3) is 5.88. The Morgan fingerprint density at radius 1 is 1.00 bits per heavy atom. The summed E-state index contributed by atoms with van der Waals surface area (Å²) in [7, 11) is 4.81. The zero-order valence-electron chi connectivity index (χ0n) is 21.9. The number of hydrazone groups is 1. The number of ether oxygens (including phenoxy) is 4. The van der Waals surface area contributed by atoms with Crippen LogP contribution in [0.3, 0.4) is 0 Å². The Morgan fingerprint density at radius 3 is 2.49 bits per heavy atom. The molecule has 1 fully saturated rings. The molecule has 2 aliphatic rings. The molecule has 2 aromatic carbocycles. The van der Waals surface area contributed by atoms with Crippen molar-refractivity contribution in [3.63, 3.8) is 0 Å². The van der Waals surface area contributed by atoms with Gasteiger partial charge in [0, 0.05) is 24.1 Å². The molecule has 1 saturated heterocycles. The first-order valence-corrected chi connectivity index (χ1v) is 12.6. The molecule has 198 valence electrons. The van der Waals surface area contributed by atoms with Crippen LogP contribution in [-0.2, 0) is 14.3 Å². The number of likely N-dealkylation sites (tertiary alicyclic amines) is 1. The van der Waals surface area contributed by atoms with Crippen LogP contribution in [0.25, 0.3) is 0 Å². The van der Waals surface area contributed by atoms with Crippen molar-refractivity contribution in [2.75, 3.05) is 47.6 Å². The van der Waals surface area contributed by atoms with Crippen molar-refractivity contribution in [1.82, 2.24) is 9.91 Å². The van der Waals surface area contributed by atoms with Crippen molar-refractivity contribution < 1.29 is 28.5 Å². The fraction of sp³-hybridized carbons (Fsp3) is 0.464. The van der Waals surface area contributed by atoms with Crippen LogP contribution < -0.4 is 14.2 Å². The normalized spacial score (nSPS) is 19.8. The molecular formula is C28H35N3O6. The predicted molar refractivity (Wildman–Crippen MR) is 139 cm³/mol. The van der Waals surface area contributed by atoms with E-state index in [4.69, 9.17) is 24.0 Å². The maximum atomic E-state index is 13.7. The van der Waals surface area contributed by atoms with Crippen LogP contribution in [0.2, 0.25) is 0 Å². The largest absolute Gasteiger partial charge is 0.496 e. The zero-order chi connectivity index (χ0) is 26.4. The number of hydrogen-bond acceptors (Lipinski definition) is 8. The lowest BCUT2D eigenvalue weighted by Crippen LogP contribution is -2.44. The fourth-order valence-electron chi connectivity index (χ4n) is 5.03. The first-order valence-electron chi connectivity index (χ1n) is 12.6. The minimum Gasteiger partial charge on any atom is -0.496 e. The zero-order valence-corrected chi connectivity index (χ0v) is 21.9. The number of rotatable bonds is 9. The number of esters is 1. The van der Waals surface area contributed by atoms with E-state index in [1.54, 1.807) is 33.3 Å². The van der Waals surface area contributed by atoms with Crippen LogP contribution in [0.5, 0.6) is 17.2 Å². The third-order valence-corrected chi connectivity index (χ3v) is 6.86. The van der Waals surface area contributed by atoms with Crippen molar-refractivity contribution in [2.24, 2.45) is 11.0 Å². The summed E-state index contributed by atoms with van der Waals surface area (Å²) in [4.78, 5) is 28.0. The number of carbonyl (C=O) groups is 2. The highest BCUT2D eigenvalue weighted by Gasteiger charge is 2.36. The van der Waals surface area contributed by atoms with Crippen LogP contribution in [0.1, 0.15) is 43.4 Å². The molecule has 0 aromatic heterocycles. The quantitative estimate of drug-likeness (QED) is 0.477. The Morgan fingerprint density at radius 2 is 1.76 bits per heavy atom. The minimum absolute atomic E-state index is 0.129. The molecule has 0 unspecified atom stereocenters. The maximum Gasteiger partial charge on any atom is 0.310 e. The summed E-state index contributed by atoms with van der Waals surface area (Å²) >= 11 is 0. The van der Waals surface area contributed by atoms with Crippen LogP contribution in [0.4, 0.5) is 0 Å². The van der Waals surface area contributed by atoms with E-state index < -0.39 is 0 Å².